The Balaban J connectivity index is -0.000000529. The van der Waals surface area contributed by atoms with Gasteiger partial charge in [-0.15, -0.1) is 5.92 Å². The molecule has 0 amide bonds. The second-order valence-electron chi connectivity index (χ2n) is 6.08. The molecule has 0 spiro atoms. The van der Waals surface area contributed by atoms with E-state index in [0.717, 1.165) is 6.42 Å². The predicted molar refractivity (Wildman–Crippen MR) is 71.7 cm³/mol. The van der Waals surface area contributed by atoms with Crippen molar-refractivity contribution in [2.45, 2.75) is 48.0 Å². The van der Waals surface area contributed by atoms with E-state index in [1.54, 1.807) is 0 Å². The first kappa shape index (κ1) is 22.3. The molecule has 16 heavy (non-hydrogen) atoms. The maximum absolute atomic E-state index is 11.8. The molecule has 0 saturated carbocycles. The molecule has 0 heterocycles. The summed E-state index contributed by atoms with van der Waals surface area (Å²) in [5.74, 6) is 0.197. The number of carbonyl (C=O) groups is 1. The molecule has 0 aliphatic heterocycles. The van der Waals surface area contributed by atoms with Crippen molar-refractivity contribution < 1.29 is 37.5 Å². The Morgan fingerprint density at radius 3 is 1.62 bits per heavy atom. The summed E-state index contributed by atoms with van der Waals surface area (Å²) in [6.45, 7) is 16.2. The van der Waals surface area contributed by atoms with Crippen LogP contribution in [0.3, 0.4) is 0 Å². The molecular weight excluding hydrogens is 293 g/mol. The SMILES string of the molecule is [CH2-]C(CC(C)(C)C)C(=O)C(C)(C)C.[CH2-]S.[Y]. The Bertz CT molecular complexity index is 189. The summed E-state index contributed by atoms with van der Waals surface area (Å²) in [4.78, 5) is 11.8. The van der Waals surface area contributed by atoms with Crippen LogP contribution in [0.5, 0.6) is 0 Å². The van der Waals surface area contributed by atoms with Gasteiger partial charge in [0.15, 0.2) is 0 Å². The maximum Gasteiger partial charge on any atom is 0.111 e. The van der Waals surface area contributed by atoms with Crippen LogP contribution in [0.25, 0.3) is 0 Å². The Labute approximate surface area is 133 Å². The van der Waals surface area contributed by atoms with Gasteiger partial charge in [-0.2, -0.15) is 0 Å². The van der Waals surface area contributed by atoms with E-state index in [-0.39, 0.29) is 55.2 Å². The molecule has 1 unspecified atom stereocenters. The van der Waals surface area contributed by atoms with Crippen LogP contribution in [0.2, 0.25) is 0 Å². The van der Waals surface area contributed by atoms with E-state index in [0.29, 0.717) is 0 Å². The third-order valence-corrected chi connectivity index (χ3v) is 1.97. The van der Waals surface area contributed by atoms with Crippen LogP contribution < -0.4 is 0 Å². The van der Waals surface area contributed by atoms with E-state index >= 15 is 0 Å². The largest absolute Gasteiger partial charge is 0.372 e. The van der Waals surface area contributed by atoms with Gasteiger partial charge in [0.25, 0.3) is 0 Å². The molecule has 0 aromatic rings. The van der Waals surface area contributed by atoms with E-state index in [1.165, 1.54) is 0 Å². The van der Waals surface area contributed by atoms with Gasteiger partial charge >= 0.3 is 0 Å². The van der Waals surface area contributed by atoms with Crippen molar-refractivity contribution >= 4 is 18.4 Å². The molecule has 0 aromatic heterocycles. The topological polar surface area (TPSA) is 17.1 Å². The number of carbonyl (C=O) groups excluding carboxylic acids is 1. The average Bonchev–Trinajstić information content (AvgIpc) is 2.02. The summed E-state index contributed by atoms with van der Waals surface area (Å²) >= 11 is 3.28. The molecule has 0 bridgehead atoms. The van der Waals surface area contributed by atoms with Crippen LogP contribution in [-0.2, 0) is 37.5 Å². The van der Waals surface area contributed by atoms with Crippen molar-refractivity contribution in [1.82, 2.24) is 0 Å². The van der Waals surface area contributed by atoms with Crippen LogP contribution in [-0.4, -0.2) is 5.78 Å². The van der Waals surface area contributed by atoms with Crippen molar-refractivity contribution in [3.63, 3.8) is 0 Å². The van der Waals surface area contributed by atoms with Crippen LogP contribution in [0.1, 0.15) is 48.0 Å². The summed E-state index contributed by atoms with van der Waals surface area (Å²) < 4.78 is 0. The fourth-order valence-corrected chi connectivity index (χ4v) is 1.44. The number of thiol groups is 1. The van der Waals surface area contributed by atoms with Crippen molar-refractivity contribution in [3.05, 3.63) is 13.2 Å². The Kier molecular flexibility index (Phi) is 12.7. The van der Waals surface area contributed by atoms with E-state index in [9.17, 15) is 4.79 Å². The second-order valence-corrected chi connectivity index (χ2v) is 6.08. The molecule has 0 aliphatic rings. The van der Waals surface area contributed by atoms with Gasteiger partial charge in [-0.1, -0.05) is 48.0 Å². The maximum atomic E-state index is 11.8. The Hall–Kier alpha value is 1.12. The first-order valence-corrected chi connectivity index (χ1v) is 5.86. The average molecular weight is 319 g/mol. The van der Waals surface area contributed by atoms with E-state index in [1.807, 2.05) is 20.8 Å². The first-order chi connectivity index (χ1) is 6.54. The third kappa shape index (κ3) is 11.6. The van der Waals surface area contributed by atoms with Gasteiger partial charge in [0, 0.05) is 38.1 Å². The van der Waals surface area contributed by atoms with Gasteiger partial charge in [0.2, 0.25) is 0 Å². The summed E-state index contributed by atoms with van der Waals surface area (Å²) in [5.41, 5.74) is -0.0645. The molecule has 1 nitrogen and oxygen atoms in total. The van der Waals surface area contributed by atoms with E-state index in [4.69, 9.17) is 0 Å². The molecule has 0 aliphatic carbocycles. The molecule has 0 aromatic carbocycles. The fraction of sp³-hybridized carbons (Fsp3) is 0.769. The molecule has 0 fully saturated rings. The first-order valence-electron chi connectivity index (χ1n) is 5.23. The van der Waals surface area contributed by atoms with Crippen LogP contribution in [0.4, 0.5) is 0 Å². The summed E-state index contributed by atoms with van der Waals surface area (Å²) in [7, 11) is 0. The molecule has 3 heteroatoms. The zero-order valence-corrected chi connectivity index (χ0v) is 15.4. The van der Waals surface area contributed by atoms with Crippen molar-refractivity contribution in [3.8, 4) is 0 Å². The standard InChI is InChI=1S/C12H23O.CH3S.Y/c1-9(8-11(2,3)4)10(13)12(5,6)7;1-2;/h9H,1,8H2,2-7H3;2H,1H2;/q2*-1;. The minimum Gasteiger partial charge on any atom is -0.372 e. The monoisotopic (exact) mass is 319 g/mol. The minimum absolute atomic E-state index is 0. The number of Topliss-reactive ketones (excluding diaryl/α,β-unsaturated/α-hetero) is 1. The van der Waals surface area contributed by atoms with Gasteiger partial charge in [-0.05, 0) is 5.41 Å². The van der Waals surface area contributed by atoms with E-state index < -0.39 is 0 Å². The smallest absolute Gasteiger partial charge is 0.111 e. The zero-order valence-electron chi connectivity index (χ0n) is 11.6. The number of ketones is 1. The van der Waals surface area contributed by atoms with Gasteiger partial charge in [-0.3, -0.25) is 6.26 Å². The van der Waals surface area contributed by atoms with Crippen LogP contribution in [0, 0.1) is 29.9 Å². The Morgan fingerprint density at radius 1 is 1.12 bits per heavy atom. The van der Waals surface area contributed by atoms with Gasteiger partial charge in [-0.25, -0.2) is 0 Å². The van der Waals surface area contributed by atoms with Gasteiger partial charge < -0.3 is 24.3 Å². The van der Waals surface area contributed by atoms with Crippen LogP contribution in [0.15, 0.2) is 0 Å². The van der Waals surface area contributed by atoms with Crippen LogP contribution >= 0.6 is 12.6 Å². The normalized spacial score (nSPS) is 13.1. The Morgan fingerprint density at radius 2 is 1.44 bits per heavy atom. The molecule has 0 rings (SSSR count). The quantitative estimate of drug-likeness (QED) is 0.596. The number of rotatable bonds is 2. The van der Waals surface area contributed by atoms with Crippen molar-refractivity contribution in [2.24, 2.45) is 16.7 Å². The van der Waals surface area contributed by atoms with Gasteiger partial charge in [0.1, 0.15) is 5.78 Å². The zero-order chi connectivity index (χ0) is 12.9. The molecule has 1 atom stereocenters. The summed E-state index contributed by atoms with van der Waals surface area (Å²) in [6.07, 6.45) is 3.81. The van der Waals surface area contributed by atoms with E-state index in [2.05, 4.69) is 46.6 Å². The number of hydrogen-bond donors (Lipinski definition) is 1. The molecule has 95 valence electrons. The number of hydrogen-bond acceptors (Lipinski definition) is 2. The second kappa shape index (κ2) is 9.11. The molecule has 1 radical (unpaired) electrons. The molecular formula is C13H26OSY-2. The van der Waals surface area contributed by atoms with Crippen molar-refractivity contribution in [1.29, 1.82) is 0 Å². The predicted octanol–water partition coefficient (Wildman–Crippen LogP) is 4.19. The van der Waals surface area contributed by atoms with Crippen molar-refractivity contribution in [2.75, 3.05) is 0 Å². The summed E-state index contributed by atoms with van der Waals surface area (Å²) in [6, 6.07) is 0. The molecule has 0 N–H and O–H groups in total. The molecule has 0 saturated heterocycles. The van der Waals surface area contributed by atoms with Gasteiger partial charge in [0.05, 0.1) is 0 Å². The minimum atomic E-state index is -0.252. The third-order valence-electron chi connectivity index (χ3n) is 1.97. The fourth-order valence-electron chi connectivity index (χ4n) is 1.44. The summed E-state index contributed by atoms with van der Waals surface area (Å²) in [5, 5.41) is 0.